The van der Waals surface area contributed by atoms with Gasteiger partial charge in [-0.3, -0.25) is 4.79 Å². The lowest BCUT2D eigenvalue weighted by molar-refractivity contribution is 0.292. The van der Waals surface area contributed by atoms with Gasteiger partial charge in [0.1, 0.15) is 23.2 Å². The van der Waals surface area contributed by atoms with E-state index in [9.17, 15) is 9.18 Å². The maximum atomic E-state index is 13.7. The lowest BCUT2D eigenvalue weighted by Crippen LogP contribution is -2.48. The summed E-state index contributed by atoms with van der Waals surface area (Å²) >= 11 is 6.10. The second-order valence-corrected chi connectivity index (χ2v) is 6.65. The minimum atomic E-state index is -0.376. The molecule has 0 amide bonds. The third-order valence-corrected chi connectivity index (χ3v) is 5.21. The van der Waals surface area contributed by atoms with Crippen LogP contribution in [0.2, 0.25) is 5.02 Å². The normalized spacial score (nSPS) is 18.0. The zero-order chi connectivity index (χ0) is 17.4. The highest BCUT2D eigenvalue weighted by atomic mass is 35.5. The minimum absolute atomic E-state index is 0.173. The smallest absolute Gasteiger partial charge is 0.285 e. The van der Waals surface area contributed by atoms with E-state index in [1.54, 1.807) is 18.3 Å². The van der Waals surface area contributed by atoms with Gasteiger partial charge in [-0.05, 0) is 25.0 Å². The summed E-state index contributed by atoms with van der Waals surface area (Å²) < 4.78 is 19.3. The van der Waals surface area contributed by atoms with Crippen molar-refractivity contribution in [3.05, 3.63) is 45.6 Å². The van der Waals surface area contributed by atoms with E-state index in [-0.39, 0.29) is 16.4 Å². The molecule has 1 aromatic carbocycles. The maximum Gasteiger partial charge on any atom is 0.285 e. The van der Waals surface area contributed by atoms with Gasteiger partial charge in [-0.25, -0.2) is 9.49 Å². The predicted molar refractivity (Wildman–Crippen MR) is 94.3 cm³/mol. The zero-order valence-corrected chi connectivity index (χ0v) is 14.3. The van der Waals surface area contributed by atoms with E-state index in [2.05, 4.69) is 20.0 Å². The van der Waals surface area contributed by atoms with Crippen molar-refractivity contribution in [3.63, 3.8) is 0 Å². The van der Waals surface area contributed by atoms with Crippen LogP contribution in [0.3, 0.4) is 0 Å². The number of ether oxygens (including phenoxy) is 1. The number of aromatic amines is 1. The molecule has 1 fully saturated rings. The first-order valence-corrected chi connectivity index (χ1v) is 8.68. The number of H-pyrrole nitrogens is 1. The molecule has 2 aliphatic rings. The molecule has 2 aliphatic heterocycles. The number of fused-ring (bicyclic) bond motifs is 1. The third-order valence-electron chi connectivity index (χ3n) is 4.84. The van der Waals surface area contributed by atoms with Gasteiger partial charge < -0.3 is 14.5 Å². The summed E-state index contributed by atoms with van der Waals surface area (Å²) in [7, 11) is 0. The number of rotatable bonds is 2. The Hall–Kier alpha value is -2.28. The lowest BCUT2D eigenvalue weighted by Gasteiger charge is -2.42. The van der Waals surface area contributed by atoms with Gasteiger partial charge in [-0.1, -0.05) is 11.6 Å². The van der Waals surface area contributed by atoms with E-state index in [0.29, 0.717) is 18.3 Å². The number of hydrogen-bond donors (Lipinski definition) is 1. The van der Waals surface area contributed by atoms with E-state index >= 15 is 0 Å². The van der Waals surface area contributed by atoms with Gasteiger partial charge in [0.05, 0.1) is 24.1 Å². The first-order valence-electron chi connectivity index (χ1n) is 8.30. The van der Waals surface area contributed by atoms with Gasteiger partial charge in [0.15, 0.2) is 0 Å². The van der Waals surface area contributed by atoms with Crippen molar-refractivity contribution in [1.82, 2.24) is 10.2 Å². The van der Waals surface area contributed by atoms with Crippen LogP contribution in [0.4, 0.5) is 15.8 Å². The topological polar surface area (TPSA) is 61.5 Å². The maximum absolute atomic E-state index is 13.7. The summed E-state index contributed by atoms with van der Waals surface area (Å²) in [5.74, 6) is 0.477. The van der Waals surface area contributed by atoms with E-state index in [1.165, 1.54) is 6.07 Å². The molecule has 1 N–H and O–H groups in total. The molecule has 0 saturated carbocycles. The average Bonchev–Trinajstić information content (AvgIpc) is 2.64. The fourth-order valence-electron chi connectivity index (χ4n) is 3.60. The molecule has 25 heavy (non-hydrogen) atoms. The number of anilines is 2. The van der Waals surface area contributed by atoms with E-state index in [4.69, 9.17) is 16.3 Å². The molecule has 6 nitrogen and oxygen atoms in total. The van der Waals surface area contributed by atoms with Crippen molar-refractivity contribution in [2.75, 3.05) is 36.0 Å². The number of benzene rings is 1. The molecule has 1 saturated heterocycles. The summed E-state index contributed by atoms with van der Waals surface area (Å²) in [6.45, 7) is 2.87. The van der Waals surface area contributed by atoms with Crippen molar-refractivity contribution in [3.8, 4) is 5.75 Å². The van der Waals surface area contributed by atoms with Crippen LogP contribution in [-0.2, 0) is 0 Å². The third kappa shape index (κ3) is 3.04. The first-order chi connectivity index (χ1) is 12.1. The van der Waals surface area contributed by atoms with Gasteiger partial charge in [0.2, 0.25) is 0 Å². The van der Waals surface area contributed by atoms with Gasteiger partial charge in [-0.2, -0.15) is 5.10 Å². The Kier molecular flexibility index (Phi) is 4.25. The SMILES string of the molecule is O=c1[nH]ncc(N2CCC(N3CCOc4ccc(F)cc43)CC2)c1Cl. The van der Waals surface area contributed by atoms with Gasteiger partial charge in [0.25, 0.3) is 5.56 Å². The van der Waals surface area contributed by atoms with E-state index in [0.717, 1.165) is 43.9 Å². The predicted octanol–water partition coefficient (Wildman–Crippen LogP) is 2.43. The number of aromatic nitrogens is 2. The summed E-state index contributed by atoms with van der Waals surface area (Å²) in [5.41, 5.74) is 1.11. The molecule has 0 bridgehead atoms. The molecule has 3 heterocycles. The molecule has 0 radical (unpaired) electrons. The molecule has 8 heteroatoms. The van der Waals surface area contributed by atoms with E-state index < -0.39 is 0 Å². The zero-order valence-electron chi connectivity index (χ0n) is 13.5. The highest BCUT2D eigenvalue weighted by Crippen LogP contribution is 2.36. The summed E-state index contributed by atoms with van der Waals surface area (Å²) in [6.07, 6.45) is 3.36. The van der Waals surface area contributed by atoms with Crippen molar-refractivity contribution < 1.29 is 9.13 Å². The molecule has 0 spiro atoms. The largest absolute Gasteiger partial charge is 0.490 e. The van der Waals surface area contributed by atoms with Crippen molar-refractivity contribution in [2.45, 2.75) is 18.9 Å². The summed E-state index contributed by atoms with van der Waals surface area (Å²) in [5, 5.41) is 6.34. The Bertz CT molecular complexity index is 836. The molecule has 4 rings (SSSR count). The van der Waals surface area contributed by atoms with Crippen LogP contribution in [0.5, 0.6) is 5.75 Å². The van der Waals surface area contributed by atoms with Crippen molar-refractivity contribution in [1.29, 1.82) is 0 Å². The number of nitrogens with one attached hydrogen (secondary N) is 1. The summed E-state index contributed by atoms with van der Waals surface area (Å²) in [4.78, 5) is 15.9. The molecule has 0 atom stereocenters. The molecular weight excluding hydrogens is 347 g/mol. The van der Waals surface area contributed by atoms with Crippen molar-refractivity contribution >= 4 is 23.0 Å². The van der Waals surface area contributed by atoms with Crippen LogP contribution in [0.25, 0.3) is 0 Å². The second kappa shape index (κ2) is 6.55. The Morgan fingerprint density at radius 2 is 2.04 bits per heavy atom. The van der Waals surface area contributed by atoms with Crippen LogP contribution in [-0.4, -0.2) is 42.5 Å². The van der Waals surface area contributed by atoms with Crippen LogP contribution < -0.4 is 20.1 Å². The number of nitrogens with zero attached hydrogens (tertiary/aromatic N) is 3. The molecule has 0 aliphatic carbocycles. The van der Waals surface area contributed by atoms with Crippen LogP contribution in [0, 0.1) is 5.82 Å². The highest BCUT2D eigenvalue weighted by Gasteiger charge is 2.30. The molecule has 2 aromatic rings. The van der Waals surface area contributed by atoms with Crippen molar-refractivity contribution in [2.24, 2.45) is 0 Å². The quantitative estimate of drug-likeness (QED) is 0.886. The monoisotopic (exact) mass is 364 g/mol. The molecule has 132 valence electrons. The van der Waals surface area contributed by atoms with Crippen LogP contribution in [0.15, 0.2) is 29.2 Å². The minimum Gasteiger partial charge on any atom is -0.490 e. The molecule has 0 unspecified atom stereocenters. The van der Waals surface area contributed by atoms with Gasteiger partial charge in [0, 0.05) is 25.2 Å². The fourth-order valence-corrected chi connectivity index (χ4v) is 3.81. The lowest BCUT2D eigenvalue weighted by atomic mass is 10.0. The van der Waals surface area contributed by atoms with Gasteiger partial charge in [-0.15, -0.1) is 0 Å². The summed E-state index contributed by atoms with van der Waals surface area (Å²) in [6, 6.07) is 4.95. The molecular formula is C17H18ClFN4O2. The second-order valence-electron chi connectivity index (χ2n) is 6.27. The standard InChI is InChI=1S/C17H18ClFN4O2/c18-16-14(10-20-21-17(16)24)22-5-3-12(4-6-22)23-7-8-25-15-2-1-11(19)9-13(15)23/h1-2,9-10,12H,3-8H2,(H,21,24). The highest BCUT2D eigenvalue weighted by molar-refractivity contribution is 6.33. The van der Waals surface area contributed by atoms with E-state index in [1.807, 2.05) is 0 Å². The Balaban J connectivity index is 1.51. The fraction of sp³-hybridized carbons (Fsp3) is 0.412. The number of halogens is 2. The number of hydrogen-bond acceptors (Lipinski definition) is 5. The molecule has 1 aromatic heterocycles. The number of piperidine rings is 1. The van der Waals surface area contributed by atoms with Crippen LogP contribution >= 0.6 is 11.6 Å². The first kappa shape index (κ1) is 16.2. The van der Waals surface area contributed by atoms with Gasteiger partial charge >= 0.3 is 0 Å². The van der Waals surface area contributed by atoms with Crippen LogP contribution in [0.1, 0.15) is 12.8 Å². The Morgan fingerprint density at radius 1 is 1.24 bits per heavy atom. The average molecular weight is 365 g/mol. The Labute approximate surface area is 149 Å². The Morgan fingerprint density at radius 3 is 2.84 bits per heavy atom.